The Morgan fingerprint density at radius 3 is 0.657 bits per heavy atom. The van der Waals surface area contributed by atoms with Crippen molar-refractivity contribution in [3.8, 4) is 0 Å². The average Bonchev–Trinajstić information content (AvgIpc) is 0.922. The first-order valence-electron chi connectivity index (χ1n) is 27.1. The van der Waals surface area contributed by atoms with Crippen LogP contribution in [0.15, 0.2) is 0 Å². The molecular weight excluding hydrogens is 1660 g/mol. The minimum Gasteiger partial charge on any atom is -0.481 e. The number of ketones is 3. The summed E-state index contributed by atoms with van der Waals surface area (Å²) in [6, 6.07) is 0. The molecule has 8 N–H and O–H groups in total. The Balaban J connectivity index is -0.0000000382. The van der Waals surface area contributed by atoms with Crippen molar-refractivity contribution in [2.24, 2.45) is 0 Å². The van der Waals surface area contributed by atoms with Gasteiger partial charge in [0.2, 0.25) is 51.2 Å². The first-order chi connectivity index (χ1) is 48.5. The van der Waals surface area contributed by atoms with Gasteiger partial charge in [0.1, 0.15) is 36.6 Å². The number of carboxylic acids is 4. The van der Waals surface area contributed by atoms with Crippen LogP contribution in [0.3, 0.4) is 0 Å². The lowest BCUT2D eigenvalue weighted by Gasteiger charge is -2.19. The van der Waals surface area contributed by atoms with Crippen molar-refractivity contribution >= 4 is 220 Å². The molecular formula is C47H86Cl3N5O40Si10. The van der Waals surface area contributed by atoms with Gasteiger partial charge in [-0.2, -0.15) is 0 Å². The lowest BCUT2D eigenvalue weighted by atomic mass is 10.2. The number of amides is 6. The summed E-state index contributed by atoms with van der Waals surface area (Å²) in [6.45, 7) is 25.8. The Morgan fingerprint density at radius 2 is 0.524 bits per heavy atom. The minimum atomic E-state index is -1.42. The fourth-order valence-electron chi connectivity index (χ4n) is 2.76. The largest absolute Gasteiger partial charge is 0.549 e. The van der Waals surface area contributed by atoms with Crippen LogP contribution in [0.4, 0.5) is 0 Å². The average molecular weight is 1750 g/mol. The maximum absolute atomic E-state index is 11.5. The number of hydrogen-bond acceptors (Lipinski definition) is 36. The molecule has 0 saturated carbocycles. The van der Waals surface area contributed by atoms with Gasteiger partial charge in [0.15, 0.2) is 0 Å². The smallest absolute Gasteiger partial charge is 0.481 e. The lowest BCUT2D eigenvalue weighted by molar-refractivity contribution is -0.145. The molecule has 0 aromatic rings. The zero-order valence-corrected chi connectivity index (χ0v) is 71.9. The highest BCUT2D eigenvalue weighted by Gasteiger charge is 2.19. The van der Waals surface area contributed by atoms with Gasteiger partial charge < -0.3 is 51.3 Å². The second-order valence-corrected chi connectivity index (χ2v) is 17.3. The summed E-state index contributed by atoms with van der Waals surface area (Å²) in [4.78, 5) is 162. The maximum atomic E-state index is 11.5. The number of hydrogen-bond donors (Lipinski definition) is 8. The number of nitrogens with one attached hydrogen (secondary N) is 4. The molecule has 0 fully saturated rings. The molecule has 0 saturated heterocycles. The first kappa shape index (κ1) is 155. The predicted octanol–water partition coefficient (Wildman–Crippen LogP) is -0.952. The van der Waals surface area contributed by atoms with Gasteiger partial charge >= 0.3 is 105 Å². The molecule has 0 aromatic heterocycles. The molecule has 0 bridgehead atoms. The van der Waals surface area contributed by atoms with Crippen molar-refractivity contribution in [1.29, 1.82) is 0 Å². The highest BCUT2D eigenvalue weighted by molar-refractivity contribution is 6.65. The van der Waals surface area contributed by atoms with Crippen molar-refractivity contribution in [2.75, 3.05) is 33.2 Å². The van der Waals surface area contributed by atoms with E-state index in [0.717, 1.165) is 25.2 Å². The van der Waals surface area contributed by atoms with Gasteiger partial charge in [-0.05, 0) is 75.8 Å². The number of imide groups is 1. The van der Waals surface area contributed by atoms with Crippen LogP contribution in [-0.4, -0.2) is 244 Å². The number of carbonyl (C=O) groups excluding carboxylic acids is 12. The third-order valence-electron chi connectivity index (χ3n) is 5.98. The van der Waals surface area contributed by atoms with Gasteiger partial charge in [0.05, 0.1) is 0 Å². The van der Waals surface area contributed by atoms with E-state index in [-0.39, 0.29) is 96.0 Å². The highest BCUT2D eigenvalue weighted by atomic mass is 35.5. The Kier molecular flexibility index (Phi) is 246. The molecule has 0 radical (unpaired) electrons. The van der Waals surface area contributed by atoms with E-state index in [1.54, 1.807) is 48.6 Å². The molecule has 600 valence electrons. The molecule has 58 heteroatoms. The molecule has 0 unspecified atom stereocenters. The molecule has 0 aliphatic carbocycles. The van der Waals surface area contributed by atoms with Crippen LogP contribution in [0.5, 0.6) is 0 Å². The van der Waals surface area contributed by atoms with E-state index in [1.165, 1.54) is 13.8 Å². The molecule has 0 atom stereocenters. The van der Waals surface area contributed by atoms with Crippen LogP contribution in [0, 0.1) is 0 Å². The van der Waals surface area contributed by atoms with Gasteiger partial charge in [-0.3, -0.25) is 161 Å². The molecule has 0 aromatic carbocycles. The molecule has 0 aliphatic rings. The Labute approximate surface area is 637 Å². The van der Waals surface area contributed by atoms with E-state index in [4.69, 9.17) is 131 Å². The highest BCUT2D eigenvalue weighted by Crippen LogP contribution is 2.00. The summed E-state index contributed by atoms with van der Waals surface area (Å²) in [5.41, 5.74) is 0. The second kappa shape index (κ2) is 167. The Bertz CT molecular complexity index is 2310. The molecule has 0 spiro atoms. The third kappa shape index (κ3) is 505. The minimum absolute atomic E-state index is 0.0926. The number of aliphatic carboxylic acids is 4. The van der Waals surface area contributed by atoms with Crippen LogP contribution in [0.2, 0.25) is 0 Å². The molecule has 0 aliphatic heterocycles. The molecule has 6 amide bonds. The van der Waals surface area contributed by atoms with Crippen molar-refractivity contribution in [3.05, 3.63) is 0 Å². The number of rotatable bonds is 19. The van der Waals surface area contributed by atoms with Crippen LogP contribution in [0.25, 0.3) is 0 Å². The van der Waals surface area contributed by atoms with Gasteiger partial charge in [0.25, 0.3) is 11.9 Å². The van der Waals surface area contributed by atoms with Crippen LogP contribution < -0.4 is 21.3 Å². The van der Waals surface area contributed by atoms with Crippen LogP contribution in [-0.2, 0) is 166 Å². The Morgan fingerprint density at radius 1 is 0.324 bits per heavy atom. The van der Waals surface area contributed by atoms with E-state index in [0.29, 0.717) is 45.3 Å². The summed E-state index contributed by atoms with van der Waals surface area (Å²) in [6.07, 6.45) is 2.76. The number of halogens is 3. The second-order valence-electron chi connectivity index (χ2n) is 14.2. The Hall–Kier alpha value is -8.04. The molecule has 0 heterocycles. The zero-order chi connectivity index (χ0) is 89.3. The van der Waals surface area contributed by atoms with Crippen LogP contribution >= 0.6 is 34.8 Å². The SMILES string of the molecule is CC(=O)Cl.CC(=O)Cl.CC(=O)O.CC(=O)O.CCC(=O)NC.CCC(C)=O.CCC(C)=O.CCCC(=O)CC(=O)O.CCNC(=O)CC(=O)Cl.CCNC(=O)CC(=O)O.CCNC(=O)CCN(C(=O)CC)C(=O)CC.O=[Si]=O.O=[Si]=O.O=[Si]=O.O=[Si]=O.O=[Si]=O.O=[Si]=O.O=[Si]=O.O=[Si]=O.O=[Si]=O.O=[Si]=O. The normalized spacial score (nSPS) is 6.62. The fourth-order valence-corrected chi connectivity index (χ4v) is 2.89. The monoisotopic (exact) mass is 1750 g/mol. The van der Waals surface area contributed by atoms with E-state index >= 15 is 0 Å². The van der Waals surface area contributed by atoms with Crippen molar-refractivity contribution in [1.82, 2.24) is 26.2 Å². The molecule has 0 rings (SSSR count). The quantitative estimate of drug-likeness (QED) is 0.0439. The van der Waals surface area contributed by atoms with E-state index in [2.05, 4.69) is 44.5 Å². The van der Waals surface area contributed by atoms with Gasteiger partial charge in [0, 0.05) is 106 Å². The van der Waals surface area contributed by atoms with E-state index < -0.39 is 134 Å². The number of carboxylic acid groups (broad SMARTS) is 4. The fraction of sp³-hybridized carbons (Fsp3) is 0.660. The summed E-state index contributed by atoms with van der Waals surface area (Å²) >= 11 is 14.2. The van der Waals surface area contributed by atoms with Gasteiger partial charge in [-0.25, -0.2) is 0 Å². The first-order valence-corrected chi connectivity index (χ1v) is 36.4. The van der Waals surface area contributed by atoms with Crippen molar-refractivity contribution < 1.29 is 186 Å². The summed E-state index contributed by atoms with van der Waals surface area (Å²) in [5.74, 6) is -4.74. The predicted molar refractivity (Wildman–Crippen MR) is 355 cm³/mol. The lowest BCUT2D eigenvalue weighted by Crippen LogP contribution is -2.39. The molecule has 105 heavy (non-hydrogen) atoms. The van der Waals surface area contributed by atoms with E-state index in [1.807, 2.05) is 34.6 Å². The summed E-state index contributed by atoms with van der Waals surface area (Å²) in [7, 11) is -12.5. The van der Waals surface area contributed by atoms with E-state index in [9.17, 15) is 67.1 Å². The summed E-state index contributed by atoms with van der Waals surface area (Å²) < 4.78 is 168. The zero-order valence-electron chi connectivity index (χ0n) is 59.7. The topological polar surface area (TPSA) is 747 Å². The number of Topliss-reactive ketones (excluding diaryl/α,β-unsaturated/α-hetero) is 3. The number of carbonyl (C=O) groups is 16. The molecule has 45 nitrogen and oxygen atoms in total. The van der Waals surface area contributed by atoms with Crippen molar-refractivity contribution in [2.45, 2.75) is 174 Å². The third-order valence-corrected chi connectivity index (χ3v) is 6.11. The summed E-state index contributed by atoms with van der Waals surface area (Å²) in [5, 5.41) is 39.5. The number of nitrogens with zero attached hydrogens (tertiary/aromatic N) is 1. The van der Waals surface area contributed by atoms with Gasteiger partial charge in [-0.1, -0.05) is 41.5 Å². The van der Waals surface area contributed by atoms with Crippen molar-refractivity contribution in [3.63, 3.8) is 0 Å². The van der Waals surface area contributed by atoms with Gasteiger partial charge in [-0.15, -0.1) is 0 Å². The standard InChI is InChI=1S/C11H20N2O3.C6H10O3.C5H8ClNO2.C5H9NO3.C4H9NO.2C4H8O.2C2H3ClO.2C2H4O2.10O2Si/c1-4-10(15)13(11(16)5-2)8-7-9(14)12-6-3;1-2-3-5(7)4-6(8)9;1-2-7-5(9)3-4(6)8;1-2-6-4(7)3-5(8)9;1-3-4(6)5-2;2*1-3-4(2)5;4*1-2(3)4;10*1-3-2/h4-8H2,1-3H3,(H,12,14);2-4H2,1H3,(H,8,9);2-3H2,1H3,(H,7,9);2-3H2,1H3,(H,6,7)(H,8,9);3H2,1-2H3,(H,5,6);2*3H2,1-2H3;2*1H3;2*1H3,(H,3,4);;;;;;;;;;. The van der Waals surface area contributed by atoms with Crippen LogP contribution in [0.1, 0.15) is 174 Å². The maximum Gasteiger partial charge on any atom is 0.549 e.